The van der Waals surface area contributed by atoms with Crippen molar-refractivity contribution in [3.63, 3.8) is 0 Å². The molecule has 1 fully saturated rings. The molecule has 0 spiro atoms. The lowest BCUT2D eigenvalue weighted by atomic mass is 9.80. The molecule has 0 aliphatic heterocycles. The lowest BCUT2D eigenvalue weighted by Gasteiger charge is -2.33. The third kappa shape index (κ3) is 4.32. The molecule has 2 atom stereocenters. The Bertz CT molecular complexity index is 437. The van der Waals surface area contributed by atoms with E-state index in [9.17, 15) is 13.2 Å². The van der Waals surface area contributed by atoms with E-state index in [1.807, 2.05) is 0 Å². The highest BCUT2D eigenvalue weighted by Gasteiger charge is 2.32. The molecule has 0 aromatic heterocycles. The summed E-state index contributed by atoms with van der Waals surface area (Å²) in [7, 11) is 0. The fourth-order valence-corrected chi connectivity index (χ4v) is 3.08. The fourth-order valence-electron chi connectivity index (χ4n) is 3.08. The van der Waals surface area contributed by atoms with Crippen molar-refractivity contribution in [1.29, 1.82) is 0 Å². The lowest BCUT2D eigenvalue weighted by molar-refractivity contribution is -0.274. The largest absolute Gasteiger partial charge is 0.573 e. The molecule has 1 N–H and O–H groups in total. The van der Waals surface area contributed by atoms with Crippen LogP contribution in [0.5, 0.6) is 5.75 Å². The molecule has 1 aliphatic carbocycles. The van der Waals surface area contributed by atoms with E-state index in [2.05, 4.69) is 23.9 Å². The first-order valence-corrected chi connectivity index (χ1v) is 6.95. The summed E-state index contributed by atoms with van der Waals surface area (Å²) in [6, 6.07) is 6.42. The van der Waals surface area contributed by atoms with Crippen molar-refractivity contribution in [3.8, 4) is 5.75 Å². The zero-order valence-electron chi connectivity index (χ0n) is 11.7. The second kappa shape index (κ2) is 5.94. The Balaban J connectivity index is 2.09. The van der Waals surface area contributed by atoms with Crippen molar-refractivity contribution in [3.05, 3.63) is 24.3 Å². The molecular weight excluding hydrogens is 267 g/mol. The number of ether oxygens (including phenoxy) is 1. The normalized spacial score (nSPS) is 27.1. The summed E-state index contributed by atoms with van der Waals surface area (Å²) in [6.07, 6.45) is -1.53. The summed E-state index contributed by atoms with van der Waals surface area (Å²) >= 11 is 0. The molecule has 2 rings (SSSR count). The van der Waals surface area contributed by atoms with E-state index in [4.69, 9.17) is 0 Å². The van der Waals surface area contributed by atoms with Crippen molar-refractivity contribution >= 4 is 5.69 Å². The number of hydrogen-bond acceptors (Lipinski definition) is 2. The Labute approximate surface area is 117 Å². The topological polar surface area (TPSA) is 21.3 Å². The number of anilines is 1. The molecule has 2 nitrogen and oxygen atoms in total. The maximum atomic E-state index is 12.4. The molecule has 2 unspecified atom stereocenters. The maximum absolute atomic E-state index is 12.4. The predicted molar refractivity (Wildman–Crippen MR) is 72.7 cm³/mol. The summed E-state index contributed by atoms with van der Waals surface area (Å²) in [5.41, 5.74) is 0.413. The average Bonchev–Trinajstić information content (AvgIpc) is 2.28. The van der Waals surface area contributed by atoms with Crippen LogP contribution in [0.2, 0.25) is 0 Å². The molecule has 0 amide bonds. The van der Waals surface area contributed by atoms with E-state index in [1.165, 1.54) is 12.5 Å². The first-order valence-electron chi connectivity index (χ1n) is 6.95. The standard InChI is InChI=1S/C15H20F3NO/c1-10-7-11(2)9-12(8-10)19-13-5-3-4-6-14(13)20-15(16,17)18/h3-6,10-12,19H,7-9H2,1-2H3. The van der Waals surface area contributed by atoms with Crippen molar-refractivity contribution < 1.29 is 17.9 Å². The zero-order valence-corrected chi connectivity index (χ0v) is 11.7. The van der Waals surface area contributed by atoms with Crippen LogP contribution in [0.25, 0.3) is 0 Å². The third-order valence-electron chi connectivity index (χ3n) is 3.65. The van der Waals surface area contributed by atoms with E-state index in [0.717, 1.165) is 12.8 Å². The fraction of sp³-hybridized carbons (Fsp3) is 0.600. The van der Waals surface area contributed by atoms with E-state index in [-0.39, 0.29) is 11.8 Å². The maximum Gasteiger partial charge on any atom is 0.573 e. The molecule has 0 radical (unpaired) electrons. The minimum Gasteiger partial charge on any atom is -0.404 e. The highest BCUT2D eigenvalue weighted by atomic mass is 19.4. The van der Waals surface area contributed by atoms with Gasteiger partial charge in [0.2, 0.25) is 0 Å². The molecule has 0 bridgehead atoms. The van der Waals surface area contributed by atoms with Crippen molar-refractivity contribution in [2.24, 2.45) is 11.8 Å². The average molecular weight is 287 g/mol. The van der Waals surface area contributed by atoms with Gasteiger partial charge in [-0.2, -0.15) is 0 Å². The molecule has 0 saturated heterocycles. The van der Waals surface area contributed by atoms with Crippen LogP contribution in [0.3, 0.4) is 0 Å². The van der Waals surface area contributed by atoms with Crippen LogP contribution in [0.15, 0.2) is 24.3 Å². The SMILES string of the molecule is CC1CC(C)CC(Nc2ccccc2OC(F)(F)F)C1. The Morgan fingerprint density at radius 2 is 1.65 bits per heavy atom. The highest BCUT2D eigenvalue weighted by Crippen LogP contribution is 2.34. The number of hydrogen-bond donors (Lipinski definition) is 1. The van der Waals surface area contributed by atoms with Gasteiger partial charge in [-0.05, 0) is 43.2 Å². The van der Waals surface area contributed by atoms with Crippen molar-refractivity contribution in [2.75, 3.05) is 5.32 Å². The van der Waals surface area contributed by atoms with Crippen molar-refractivity contribution in [2.45, 2.75) is 45.5 Å². The quantitative estimate of drug-likeness (QED) is 0.860. The summed E-state index contributed by atoms with van der Waals surface area (Å²) in [5, 5.41) is 3.21. The third-order valence-corrected chi connectivity index (χ3v) is 3.65. The van der Waals surface area contributed by atoms with Gasteiger partial charge >= 0.3 is 6.36 Å². The molecule has 1 aliphatic rings. The van der Waals surface area contributed by atoms with Gasteiger partial charge in [-0.1, -0.05) is 26.0 Å². The van der Waals surface area contributed by atoms with Gasteiger partial charge in [0.25, 0.3) is 0 Å². The molecule has 5 heteroatoms. The second-order valence-corrected chi connectivity index (χ2v) is 5.80. The molecule has 1 aromatic rings. The molecule has 20 heavy (non-hydrogen) atoms. The van der Waals surface area contributed by atoms with E-state index >= 15 is 0 Å². The number of rotatable bonds is 3. The zero-order chi connectivity index (χ0) is 14.8. The Morgan fingerprint density at radius 3 is 2.25 bits per heavy atom. The van der Waals surface area contributed by atoms with Gasteiger partial charge in [0.15, 0.2) is 5.75 Å². The van der Waals surface area contributed by atoms with Gasteiger partial charge in [-0.15, -0.1) is 13.2 Å². The summed E-state index contributed by atoms with van der Waals surface area (Å²) < 4.78 is 41.2. The summed E-state index contributed by atoms with van der Waals surface area (Å²) in [6.45, 7) is 4.37. The van der Waals surface area contributed by atoms with Gasteiger partial charge in [-0.3, -0.25) is 0 Å². The number of halogens is 3. The van der Waals surface area contributed by atoms with E-state index in [0.29, 0.717) is 17.5 Å². The Hall–Kier alpha value is -1.39. The molecule has 1 aromatic carbocycles. The summed E-state index contributed by atoms with van der Waals surface area (Å²) in [5.74, 6) is 1.02. The van der Waals surface area contributed by atoms with Gasteiger partial charge in [0.1, 0.15) is 0 Å². The highest BCUT2D eigenvalue weighted by molar-refractivity contribution is 5.56. The molecule has 0 heterocycles. The molecule has 112 valence electrons. The number of para-hydroxylation sites is 2. The smallest absolute Gasteiger partial charge is 0.404 e. The van der Waals surface area contributed by atoms with Crippen LogP contribution in [-0.4, -0.2) is 12.4 Å². The monoisotopic (exact) mass is 287 g/mol. The van der Waals surface area contributed by atoms with Gasteiger partial charge in [0, 0.05) is 6.04 Å². The van der Waals surface area contributed by atoms with Gasteiger partial charge in [0.05, 0.1) is 5.69 Å². The number of benzene rings is 1. The van der Waals surface area contributed by atoms with Crippen LogP contribution in [-0.2, 0) is 0 Å². The van der Waals surface area contributed by atoms with Crippen LogP contribution >= 0.6 is 0 Å². The van der Waals surface area contributed by atoms with Crippen LogP contribution < -0.4 is 10.1 Å². The molecule has 1 saturated carbocycles. The minimum atomic E-state index is -4.66. The van der Waals surface area contributed by atoms with Crippen LogP contribution in [0.4, 0.5) is 18.9 Å². The first-order chi connectivity index (χ1) is 9.33. The van der Waals surface area contributed by atoms with E-state index in [1.54, 1.807) is 18.2 Å². The summed E-state index contributed by atoms with van der Waals surface area (Å²) in [4.78, 5) is 0. The number of alkyl halides is 3. The predicted octanol–water partition coefficient (Wildman–Crippen LogP) is 4.82. The first kappa shape index (κ1) is 15.0. The van der Waals surface area contributed by atoms with Gasteiger partial charge in [-0.25, -0.2) is 0 Å². The van der Waals surface area contributed by atoms with E-state index < -0.39 is 6.36 Å². The lowest BCUT2D eigenvalue weighted by Crippen LogP contribution is -2.30. The molecular formula is C15H20F3NO. The van der Waals surface area contributed by atoms with Crippen LogP contribution in [0, 0.1) is 11.8 Å². The van der Waals surface area contributed by atoms with Crippen molar-refractivity contribution in [1.82, 2.24) is 0 Å². The second-order valence-electron chi connectivity index (χ2n) is 5.80. The minimum absolute atomic E-state index is 0.161. The Morgan fingerprint density at radius 1 is 1.05 bits per heavy atom. The van der Waals surface area contributed by atoms with Gasteiger partial charge < -0.3 is 10.1 Å². The van der Waals surface area contributed by atoms with Crippen LogP contribution in [0.1, 0.15) is 33.1 Å². The Kier molecular flexibility index (Phi) is 4.45. The number of nitrogens with one attached hydrogen (secondary N) is 1.